The van der Waals surface area contributed by atoms with Gasteiger partial charge in [0, 0.05) is 11.7 Å². The van der Waals surface area contributed by atoms with Crippen molar-refractivity contribution in [1.82, 2.24) is 0 Å². The van der Waals surface area contributed by atoms with E-state index in [1.165, 1.54) is 6.42 Å². The predicted octanol–water partition coefficient (Wildman–Crippen LogP) is 2.49. The molecule has 1 aromatic carbocycles. The van der Waals surface area contributed by atoms with Crippen LogP contribution in [0.15, 0.2) is 29.3 Å². The van der Waals surface area contributed by atoms with Crippen LogP contribution in [0.4, 0.5) is 5.69 Å². The van der Waals surface area contributed by atoms with Gasteiger partial charge in [-0.15, -0.1) is 4.99 Å². The summed E-state index contributed by atoms with van der Waals surface area (Å²) in [5, 5.41) is 17.6. The number of aliphatic imine (C=N–C) groups is 1. The van der Waals surface area contributed by atoms with Crippen molar-refractivity contribution >= 4 is 11.6 Å². The van der Waals surface area contributed by atoms with E-state index >= 15 is 0 Å². The molecule has 1 aromatic rings. The van der Waals surface area contributed by atoms with Crippen LogP contribution < -0.4 is 10.6 Å². The number of nitrogens with two attached hydrogens (primary N) is 1. The molecule has 0 atom stereocenters. The molecule has 102 valence electrons. The first-order valence-electron chi connectivity index (χ1n) is 6.78. The molecule has 1 aliphatic rings. The first-order chi connectivity index (χ1) is 9.76. The van der Waals surface area contributed by atoms with Gasteiger partial charge >= 0.3 is 0 Å². The second-order valence-electron chi connectivity index (χ2n) is 4.89. The number of hydrogen-bond donors (Lipinski definition) is 1. The third-order valence-electron chi connectivity index (χ3n) is 3.63. The summed E-state index contributed by atoms with van der Waals surface area (Å²) in [4.78, 5) is 5.60. The number of guanidine groups is 1. The first-order valence-corrected chi connectivity index (χ1v) is 6.78. The molecule has 0 saturated heterocycles. The van der Waals surface area contributed by atoms with Crippen molar-refractivity contribution in [2.75, 3.05) is 4.90 Å². The number of nitriles is 2. The summed E-state index contributed by atoms with van der Waals surface area (Å²) in [6.07, 6.45) is 7.41. The summed E-state index contributed by atoms with van der Waals surface area (Å²) >= 11 is 0. The minimum atomic E-state index is 0.226. The van der Waals surface area contributed by atoms with Crippen molar-refractivity contribution in [1.29, 1.82) is 10.5 Å². The van der Waals surface area contributed by atoms with Gasteiger partial charge < -0.3 is 10.6 Å². The zero-order chi connectivity index (χ0) is 14.4. The lowest BCUT2D eigenvalue weighted by molar-refractivity contribution is 0.439. The fraction of sp³-hybridized carbons (Fsp3) is 0.400. The van der Waals surface area contributed by atoms with Crippen molar-refractivity contribution in [3.05, 3.63) is 29.8 Å². The highest BCUT2D eigenvalue weighted by molar-refractivity contribution is 5.96. The second kappa shape index (κ2) is 6.58. The van der Waals surface area contributed by atoms with Crippen LogP contribution in [0.25, 0.3) is 0 Å². The van der Waals surface area contributed by atoms with E-state index in [2.05, 4.69) is 11.1 Å². The van der Waals surface area contributed by atoms with Crippen LogP contribution in [0.5, 0.6) is 0 Å². The Labute approximate surface area is 118 Å². The summed E-state index contributed by atoms with van der Waals surface area (Å²) in [5.41, 5.74) is 7.44. The van der Waals surface area contributed by atoms with Gasteiger partial charge in [0.25, 0.3) is 0 Å². The average Bonchev–Trinajstić information content (AvgIpc) is 2.50. The number of nitrogens with zero attached hydrogens (tertiary/aromatic N) is 4. The number of benzene rings is 1. The molecule has 0 amide bonds. The quantitative estimate of drug-likeness (QED) is 0.506. The Hall–Kier alpha value is -2.53. The van der Waals surface area contributed by atoms with Gasteiger partial charge in [-0.25, -0.2) is 0 Å². The van der Waals surface area contributed by atoms with Crippen molar-refractivity contribution in [2.24, 2.45) is 10.7 Å². The number of anilines is 1. The Morgan fingerprint density at radius 1 is 1.15 bits per heavy atom. The van der Waals surface area contributed by atoms with E-state index in [9.17, 15) is 0 Å². The van der Waals surface area contributed by atoms with E-state index in [-0.39, 0.29) is 12.0 Å². The van der Waals surface area contributed by atoms with Crippen LogP contribution in [-0.2, 0) is 0 Å². The topological polar surface area (TPSA) is 89.2 Å². The van der Waals surface area contributed by atoms with E-state index < -0.39 is 0 Å². The zero-order valence-corrected chi connectivity index (χ0v) is 11.3. The largest absolute Gasteiger partial charge is 0.369 e. The number of hydrogen-bond acceptors (Lipinski definition) is 3. The normalized spacial score (nSPS) is 16.2. The molecule has 0 bridgehead atoms. The smallest absolute Gasteiger partial charge is 0.212 e. The van der Waals surface area contributed by atoms with Gasteiger partial charge in [-0.1, -0.05) is 19.3 Å². The van der Waals surface area contributed by atoms with E-state index in [0.717, 1.165) is 31.4 Å². The van der Waals surface area contributed by atoms with Gasteiger partial charge in [0.2, 0.25) is 12.2 Å². The van der Waals surface area contributed by atoms with Gasteiger partial charge in [0.15, 0.2) is 0 Å². The summed E-state index contributed by atoms with van der Waals surface area (Å²) in [7, 11) is 0. The van der Waals surface area contributed by atoms with Crippen molar-refractivity contribution in [2.45, 2.75) is 38.1 Å². The van der Waals surface area contributed by atoms with Crippen LogP contribution in [-0.4, -0.2) is 12.0 Å². The zero-order valence-electron chi connectivity index (χ0n) is 11.3. The summed E-state index contributed by atoms with van der Waals surface area (Å²) in [5.74, 6) is 0.226. The Morgan fingerprint density at radius 2 is 1.80 bits per heavy atom. The maximum Gasteiger partial charge on any atom is 0.212 e. The minimum absolute atomic E-state index is 0.226. The van der Waals surface area contributed by atoms with Crippen molar-refractivity contribution < 1.29 is 0 Å². The molecule has 1 fully saturated rings. The minimum Gasteiger partial charge on any atom is -0.369 e. The second-order valence-corrected chi connectivity index (χ2v) is 4.89. The van der Waals surface area contributed by atoms with Crippen LogP contribution in [0.3, 0.4) is 0 Å². The molecule has 1 aliphatic carbocycles. The fourth-order valence-corrected chi connectivity index (χ4v) is 2.67. The SMILES string of the molecule is N#CN=C(N)N(c1ccc(C#N)cc1)C1CCCCC1. The maximum atomic E-state index is 8.85. The highest BCUT2D eigenvalue weighted by atomic mass is 15.3. The Kier molecular flexibility index (Phi) is 4.57. The lowest BCUT2D eigenvalue weighted by Crippen LogP contribution is -2.45. The summed E-state index contributed by atoms with van der Waals surface area (Å²) in [6.45, 7) is 0. The molecule has 0 radical (unpaired) electrons. The predicted molar refractivity (Wildman–Crippen MR) is 77.7 cm³/mol. The monoisotopic (exact) mass is 267 g/mol. The summed E-state index contributed by atoms with van der Waals surface area (Å²) in [6, 6.07) is 9.58. The van der Waals surface area contributed by atoms with E-state index in [1.807, 2.05) is 17.0 Å². The Bertz CT molecular complexity index is 555. The van der Waals surface area contributed by atoms with Crippen LogP contribution in [0, 0.1) is 22.8 Å². The molecule has 5 nitrogen and oxygen atoms in total. The van der Waals surface area contributed by atoms with Crippen LogP contribution in [0.1, 0.15) is 37.7 Å². The third-order valence-corrected chi connectivity index (χ3v) is 3.63. The highest BCUT2D eigenvalue weighted by Crippen LogP contribution is 2.27. The average molecular weight is 267 g/mol. The van der Waals surface area contributed by atoms with E-state index in [0.29, 0.717) is 5.56 Å². The van der Waals surface area contributed by atoms with Gasteiger partial charge in [-0.05, 0) is 37.1 Å². The van der Waals surface area contributed by atoms with Crippen LogP contribution >= 0.6 is 0 Å². The Morgan fingerprint density at radius 3 is 2.35 bits per heavy atom. The molecule has 2 rings (SSSR count). The molecule has 0 spiro atoms. The molecular weight excluding hydrogens is 250 g/mol. The number of rotatable bonds is 2. The lowest BCUT2D eigenvalue weighted by atomic mass is 9.94. The third kappa shape index (κ3) is 3.07. The lowest BCUT2D eigenvalue weighted by Gasteiger charge is -2.34. The van der Waals surface area contributed by atoms with Crippen LogP contribution in [0.2, 0.25) is 0 Å². The maximum absolute atomic E-state index is 8.85. The van der Waals surface area contributed by atoms with Gasteiger partial charge in [-0.2, -0.15) is 10.5 Å². The van der Waals surface area contributed by atoms with Gasteiger partial charge in [0.1, 0.15) is 0 Å². The Balaban J connectivity index is 2.32. The van der Waals surface area contributed by atoms with E-state index in [4.69, 9.17) is 16.3 Å². The first kappa shape index (κ1) is 13.9. The molecule has 0 aliphatic heterocycles. The molecule has 20 heavy (non-hydrogen) atoms. The summed E-state index contributed by atoms with van der Waals surface area (Å²) < 4.78 is 0. The highest BCUT2D eigenvalue weighted by Gasteiger charge is 2.24. The molecule has 1 saturated carbocycles. The molecule has 0 aromatic heterocycles. The molecule has 0 heterocycles. The molecule has 5 heteroatoms. The van der Waals surface area contributed by atoms with E-state index in [1.54, 1.807) is 18.3 Å². The van der Waals surface area contributed by atoms with Gasteiger partial charge in [-0.3, -0.25) is 0 Å². The molecular formula is C15H17N5. The standard InChI is InChI=1S/C15H17N5/c16-10-12-6-8-14(9-7-12)20(15(18)19-11-17)13-4-2-1-3-5-13/h6-9,13H,1-5H2,(H2,18,19). The van der Waals surface area contributed by atoms with Crippen molar-refractivity contribution in [3.63, 3.8) is 0 Å². The van der Waals surface area contributed by atoms with Crippen molar-refractivity contribution in [3.8, 4) is 12.3 Å². The molecule has 2 N–H and O–H groups in total. The fourth-order valence-electron chi connectivity index (χ4n) is 2.67. The van der Waals surface area contributed by atoms with Gasteiger partial charge in [0.05, 0.1) is 11.6 Å². The molecule has 0 unspecified atom stereocenters.